The summed E-state index contributed by atoms with van der Waals surface area (Å²) >= 11 is 0. The number of nitrogens with one attached hydrogen (secondary N) is 1. The van der Waals surface area contributed by atoms with E-state index in [4.69, 9.17) is 4.74 Å². The maximum absolute atomic E-state index is 6.62. The van der Waals surface area contributed by atoms with E-state index >= 15 is 0 Å². The van der Waals surface area contributed by atoms with Gasteiger partial charge >= 0.3 is 0 Å². The van der Waals surface area contributed by atoms with E-state index in [-0.39, 0.29) is 5.60 Å². The number of morpholine rings is 1. The molecule has 0 aromatic rings. The highest BCUT2D eigenvalue weighted by Crippen LogP contribution is 2.43. The van der Waals surface area contributed by atoms with Gasteiger partial charge < -0.3 is 10.1 Å². The van der Waals surface area contributed by atoms with E-state index in [1.165, 1.54) is 51.4 Å². The Morgan fingerprint density at radius 2 is 1.79 bits per heavy atom. The summed E-state index contributed by atoms with van der Waals surface area (Å²) in [5, 5.41) is 3.86. The van der Waals surface area contributed by atoms with Crippen LogP contribution in [0.4, 0.5) is 0 Å². The van der Waals surface area contributed by atoms with Gasteiger partial charge in [-0.2, -0.15) is 0 Å². The zero-order chi connectivity index (χ0) is 13.5. The molecular weight excluding hydrogens is 234 g/mol. The average Bonchev–Trinajstić information content (AvgIpc) is 2.38. The molecule has 2 aliphatic carbocycles. The van der Waals surface area contributed by atoms with Crippen LogP contribution in [0.5, 0.6) is 0 Å². The monoisotopic (exact) mass is 265 g/mol. The molecule has 2 nitrogen and oxygen atoms in total. The average molecular weight is 265 g/mol. The second kappa shape index (κ2) is 5.04. The van der Waals surface area contributed by atoms with E-state index in [1.807, 2.05) is 0 Å². The molecule has 1 spiro atoms. The van der Waals surface area contributed by atoms with Crippen LogP contribution in [-0.4, -0.2) is 24.3 Å². The minimum absolute atomic E-state index is 0.202. The molecule has 19 heavy (non-hydrogen) atoms. The van der Waals surface area contributed by atoms with Crippen molar-refractivity contribution in [3.8, 4) is 0 Å². The van der Waals surface area contributed by atoms with Crippen LogP contribution in [0.25, 0.3) is 0 Å². The molecule has 3 aliphatic rings. The summed E-state index contributed by atoms with van der Waals surface area (Å²) in [4.78, 5) is 0. The third-order valence-corrected chi connectivity index (χ3v) is 5.86. The first kappa shape index (κ1) is 13.9. The normalized spacial score (nSPS) is 39.0. The molecule has 1 heterocycles. The largest absolute Gasteiger partial charge is 0.369 e. The van der Waals surface area contributed by atoms with Gasteiger partial charge in [-0.15, -0.1) is 0 Å². The van der Waals surface area contributed by atoms with Gasteiger partial charge in [-0.05, 0) is 43.4 Å². The first-order valence-corrected chi connectivity index (χ1v) is 8.40. The van der Waals surface area contributed by atoms with Gasteiger partial charge in [-0.25, -0.2) is 0 Å². The van der Waals surface area contributed by atoms with Gasteiger partial charge in [0.25, 0.3) is 0 Å². The van der Waals surface area contributed by atoms with E-state index in [2.05, 4.69) is 26.1 Å². The summed E-state index contributed by atoms with van der Waals surface area (Å²) in [5.41, 5.74) is 0.653. The van der Waals surface area contributed by atoms with Crippen LogP contribution in [0.1, 0.15) is 72.1 Å². The van der Waals surface area contributed by atoms with Gasteiger partial charge in [0.2, 0.25) is 0 Å². The maximum Gasteiger partial charge on any atom is 0.0810 e. The molecule has 3 rings (SSSR count). The third kappa shape index (κ3) is 2.85. The molecule has 1 aliphatic heterocycles. The fourth-order valence-corrected chi connectivity index (χ4v) is 4.46. The molecule has 0 radical (unpaired) electrons. The van der Waals surface area contributed by atoms with Crippen molar-refractivity contribution in [2.24, 2.45) is 11.3 Å². The molecule has 1 N–H and O–H groups in total. The van der Waals surface area contributed by atoms with Gasteiger partial charge in [-0.1, -0.05) is 40.0 Å². The lowest BCUT2D eigenvalue weighted by Crippen LogP contribution is -2.61. The van der Waals surface area contributed by atoms with E-state index in [9.17, 15) is 0 Å². The lowest BCUT2D eigenvalue weighted by atomic mass is 9.69. The molecule has 0 amide bonds. The predicted octanol–water partition coefficient (Wildman–Crippen LogP) is 3.89. The van der Waals surface area contributed by atoms with E-state index in [1.54, 1.807) is 0 Å². The van der Waals surface area contributed by atoms with Gasteiger partial charge in [0.15, 0.2) is 0 Å². The Balaban J connectivity index is 1.63. The lowest BCUT2D eigenvalue weighted by Gasteiger charge is -2.51. The number of rotatable bonds is 0. The first-order chi connectivity index (χ1) is 8.99. The van der Waals surface area contributed by atoms with Crippen LogP contribution < -0.4 is 5.32 Å². The second-order valence-electron chi connectivity index (χ2n) is 8.26. The van der Waals surface area contributed by atoms with Gasteiger partial charge in [-0.3, -0.25) is 0 Å². The number of hydrogen-bond acceptors (Lipinski definition) is 2. The minimum Gasteiger partial charge on any atom is -0.369 e. The molecule has 2 saturated carbocycles. The van der Waals surface area contributed by atoms with Crippen LogP contribution in [-0.2, 0) is 4.74 Å². The summed E-state index contributed by atoms with van der Waals surface area (Å²) in [6.45, 7) is 8.28. The molecule has 0 aromatic heterocycles. The van der Waals surface area contributed by atoms with Crippen molar-refractivity contribution in [2.45, 2.75) is 89.9 Å². The Kier molecular flexibility index (Phi) is 3.68. The summed E-state index contributed by atoms with van der Waals surface area (Å²) in [6, 6.07) is 0.616. The molecule has 3 unspecified atom stereocenters. The number of ether oxygens (including phenoxy) is 1. The second-order valence-corrected chi connectivity index (χ2v) is 8.26. The van der Waals surface area contributed by atoms with Crippen molar-refractivity contribution in [1.82, 2.24) is 5.32 Å². The summed E-state index contributed by atoms with van der Waals surface area (Å²) in [7, 11) is 0. The summed E-state index contributed by atoms with van der Waals surface area (Å²) in [5.74, 6) is 0.852. The van der Waals surface area contributed by atoms with Crippen molar-refractivity contribution in [1.29, 1.82) is 0 Å². The summed E-state index contributed by atoms with van der Waals surface area (Å²) in [6.07, 6.45) is 11.1. The fourth-order valence-electron chi connectivity index (χ4n) is 4.46. The van der Waals surface area contributed by atoms with Crippen molar-refractivity contribution < 1.29 is 4.74 Å². The van der Waals surface area contributed by atoms with E-state index in [0.29, 0.717) is 17.6 Å². The molecule has 1 saturated heterocycles. The van der Waals surface area contributed by atoms with Crippen LogP contribution in [0.2, 0.25) is 0 Å². The molecule has 110 valence electrons. The first-order valence-electron chi connectivity index (χ1n) is 8.40. The van der Waals surface area contributed by atoms with E-state index < -0.39 is 0 Å². The van der Waals surface area contributed by atoms with Gasteiger partial charge in [0, 0.05) is 12.6 Å². The van der Waals surface area contributed by atoms with E-state index in [0.717, 1.165) is 12.5 Å². The fraction of sp³-hybridized carbons (Fsp3) is 1.00. The van der Waals surface area contributed by atoms with Crippen molar-refractivity contribution in [3.63, 3.8) is 0 Å². The van der Waals surface area contributed by atoms with Crippen molar-refractivity contribution in [2.75, 3.05) is 6.54 Å². The van der Waals surface area contributed by atoms with Gasteiger partial charge in [0.1, 0.15) is 0 Å². The molecule has 0 aromatic carbocycles. The highest BCUT2D eigenvalue weighted by Gasteiger charge is 2.45. The molecular formula is C17H31NO. The topological polar surface area (TPSA) is 21.3 Å². The molecule has 2 heteroatoms. The maximum atomic E-state index is 6.62. The smallest absolute Gasteiger partial charge is 0.0810 e. The minimum atomic E-state index is 0.202. The Labute approximate surface area is 118 Å². The SMILES string of the molecule is CC(C)(C)C1CCC2OC3(CCCCC3)CNC2C1. The highest BCUT2D eigenvalue weighted by molar-refractivity contribution is 4.99. The third-order valence-electron chi connectivity index (χ3n) is 5.86. The predicted molar refractivity (Wildman–Crippen MR) is 79.3 cm³/mol. The van der Waals surface area contributed by atoms with Crippen molar-refractivity contribution in [3.05, 3.63) is 0 Å². The zero-order valence-corrected chi connectivity index (χ0v) is 13.0. The van der Waals surface area contributed by atoms with Crippen LogP contribution in [0.3, 0.4) is 0 Å². The highest BCUT2D eigenvalue weighted by atomic mass is 16.5. The standard InChI is InChI=1S/C17H31NO/c1-16(2,3)13-7-8-15-14(11-13)18-12-17(19-15)9-5-4-6-10-17/h13-15,18H,4-12H2,1-3H3. The number of fused-ring (bicyclic) bond motifs is 1. The Morgan fingerprint density at radius 1 is 1.05 bits per heavy atom. The zero-order valence-electron chi connectivity index (χ0n) is 13.0. The van der Waals surface area contributed by atoms with Crippen LogP contribution in [0, 0.1) is 11.3 Å². The molecule has 3 fully saturated rings. The van der Waals surface area contributed by atoms with Crippen LogP contribution in [0.15, 0.2) is 0 Å². The molecule has 3 atom stereocenters. The Bertz CT molecular complexity index is 314. The Hall–Kier alpha value is -0.0800. The van der Waals surface area contributed by atoms with Crippen molar-refractivity contribution >= 4 is 0 Å². The summed E-state index contributed by atoms with van der Waals surface area (Å²) < 4.78 is 6.62. The Morgan fingerprint density at radius 3 is 2.47 bits per heavy atom. The lowest BCUT2D eigenvalue weighted by molar-refractivity contribution is -0.167. The number of hydrogen-bond donors (Lipinski definition) is 1. The molecule has 0 bridgehead atoms. The van der Waals surface area contributed by atoms with Gasteiger partial charge in [0.05, 0.1) is 11.7 Å². The quantitative estimate of drug-likeness (QED) is 0.717. The van der Waals surface area contributed by atoms with Crippen LogP contribution >= 0.6 is 0 Å².